The van der Waals surface area contributed by atoms with Gasteiger partial charge in [-0.2, -0.15) is 0 Å². The number of hydrogen-bond acceptors (Lipinski definition) is 1. The molecule has 3 heteroatoms. The summed E-state index contributed by atoms with van der Waals surface area (Å²) in [7, 11) is 0. The van der Waals surface area contributed by atoms with E-state index in [1.54, 1.807) is 12.1 Å². The highest BCUT2D eigenvalue weighted by Gasteiger charge is 2.18. The third-order valence-corrected chi connectivity index (χ3v) is 2.78. The van der Waals surface area contributed by atoms with Crippen LogP contribution in [0.1, 0.15) is 42.0 Å². The van der Waals surface area contributed by atoms with Crippen molar-refractivity contribution in [2.24, 2.45) is 5.73 Å². The molecule has 1 aliphatic carbocycles. The van der Waals surface area contributed by atoms with Crippen LogP contribution in [0, 0.1) is 0 Å². The minimum atomic E-state index is -2.38. The quantitative estimate of drug-likeness (QED) is 0.735. The number of fused-ring (bicyclic) bond motifs is 1. The molecule has 0 aromatic heterocycles. The van der Waals surface area contributed by atoms with Crippen LogP contribution in [-0.4, -0.2) is 0 Å². The van der Waals surface area contributed by atoms with Crippen LogP contribution in [-0.2, 0) is 6.42 Å². The lowest BCUT2D eigenvalue weighted by Gasteiger charge is -2.22. The average Bonchev–Trinajstić information content (AvgIpc) is 2.17. The lowest BCUT2D eigenvalue weighted by Crippen LogP contribution is -2.17. The molecule has 0 bridgehead atoms. The molecule has 14 heavy (non-hydrogen) atoms. The maximum absolute atomic E-state index is 12.4. The molecular formula is C11H13F2N. The number of benzene rings is 1. The first-order valence-electron chi connectivity index (χ1n) is 4.85. The van der Waals surface area contributed by atoms with Gasteiger partial charge in [-0.3, -0.25) is 0 Å². The number of hydrogen-bond donors (Lipinski definition) is 1. The van der Waals surface area contributed by atoms with E-state index >= 15 is 0 Å². The maximum Gasteiger partial charge on any atom is 0.263 e. The number of nitrogens with two attached hydrogens (primary N) is 1. The minimum Gasteiger partial charge on any atom is -0.324 e. The molecule has 1 atom stereocenters. The van der Waals surface area contributed by atoms with Gasteiger partial charge >= 0.3 is 0 Å². The molecule has 2 rings (SSSR count). The van der Waals surface area contributed by atoms with Crippen molar-refractivity contribution in [1.29, 1.82) is 0 Å². The van der Waals surface area contributed by atoms with Crippen LogP contribution in [0.2, 0.25) is 0 Å². The van der Waals surface area contributed by atoms with Gasteiger partial charge in [0.25, 0.3) is 6.43 Å². The van der Waals surface area contributed by atoms with Crippen LogP contribution in [0.25, 0.3) is 0 Å². The van der Waals surface area contributed by atoms with E-state index in [1.165, 1.54) is 6.07 Å². The Hall–Kier alpha value is -0.960. The SMILES string of the molecule is N[C@@H]1CCCc2cc(C(F)F)ccc21. The van der Waals surface area contributed by atoms with E-state index in [1.807, 2.05) is 0 Å². The fourth-order valence-corrected chi connectivity index (χ4v) is 2.01. The number of alkyl halides is 2. The zero-order valence-electron chi connectivity index (χ0n) is 7.84. The fourth-order valence-electron chi connectivity index (χ4n) is 2.01. The summed E-state index contributed by atoms with van der Waals surface area (Å²) in [5, 5.41) is 0. The van der Waals surface area contributed by atoms with Crippen molar-refractivity contribution < 1.29 is 8.78 Å². The predicted molar refractivity (Wildman–Crippen MR) is 51.3 cm³/mol. The van der Waals surface area contributed by atoms with Crippen LogP contribution in [0.5, 0.6) is 0 Å². The molecule has 0 saturated carbocycles. The first-order chi connectivity index (χ1) is 6.68. The summed E-state index contributed by atoms with van der Waals surface area (Å²) in [6, 6.07) is 4.86. The van der Waals surface area contributed by atoms with E-state index in [0.29, 0.717) is 0 Å². The monoisotopic (exact) mass is 197 g/mol. The Balaban J connectivity index is 2.39. The first-order valence-corrected chi connectivity index (χ1v) is 4.85. The van der Waals surface area contributed by atoms with Crippen molar-refractivity contribution in [2.75, 3.05) is 0 Å². The van der Waals surface area contributed by atoms with Crippen molar-refractivity contribution in [1.82, 2.24) is 0 Å². The molecule has 76 valence electrons. The van der Waals surface area contributed by atoms with Gasteiger partial charge in [0.05, 0.1) is 0 Å². The number of aryl methyl sites for hydroxylation is 1. The summed E-state index contributed by atoms with van der Waals surface area (Å²) >= 11 is 0. The Bertz CT molecular complexity index is 336. The lowest BCUT2D eigenvalue weighted by molar-refractivity contribution is 0.151. The summed E-state index contributed by atoms with van der Waals surface area (Å²) in [5.41, 5.74) is 8.04. The Morgan fingerprint density at radius 2 is 2.14 bits per heavy atom. The Morgan fingerprint density at radius 3 is 2.86 bits per heavy atom. The predicted octanol–water partition coefficient (Wildman–Crippen LogP) is 2.96. The molecule has 1 aromatic rings. The molecule has 0 saturated heterocycles. The third kappa shape index (κ3) is 1.64. The van der Waals surface area contributed by atoms with Gasteiger partial charge in [0.15, 0.2) is 0 Å². The number of halogens is 2. The summed E-state index contributed by atoms with van der Waals surface area (Å²) in [4.78, 5) is 0. The third-order valence-electron chi connectivity index (χ3n) is 2.78. The fraction of sp³-hybridized carbons (Fsp3) is 0.455. The summed E-state index contributed by atoms with van der Waals surface area (Å²) in [6.45, 7) is 0. The molecule has 0 unspecified atom stereocenters. The van der Waals surface area contributed by atoms with E-state index in [2.05, 4.69) is 0 Å². The molecule has 0 radical (unpaired) electrons. The Kier molecular flexibility index (Phi) is 2.50. The van der Waals surface area contributed by atoms with Crippen LogP contribution in [0.15, 0.2) is 18.2 Å². The van der Waals surface area contributed by atoms with Gasteiger partial charge in [0.1, 0.15) is 0 Å². The maximum atomic E-state index is 12.4. The second kappa shape index (κ2) is 3.65. The normalized spacial score (nSPS) is 21.0. The topological polar surface area (TPSA) is 26.0 Å². The van der Waals surface area contributed by atoms with E-state index < -0.39 is 6.43 Å². The second-order valence-corrected chi connectivity index (χ2v) is 3.76. The van der Waals surface area contributed by atoms with Crippen LogP contribution >= 0.6 is 0 Å². The van der Waals surface area contributed by atoms with Crippen LogP contribution in [0.4, 0.5) is 8.78 Å². The minimum absolute atomic E-state index is 0.0328. The van der Waals surface area contributed by atoms with Gasteiger partial charge in [-0.1, -0.05) is 12.1 Å². The van der Waals surface area contributed by atoms with E-state index in [0.717, 1.165) is 30.4 Å². The van der Waals surface area contributed by atoms with Gasteiger partial charge in [0.2, 0.25) is 0 Å². The summed E-state index contributed by atoms with van der Waals surface area (Å²) in [5.74, 6) is 0. The molecule has 1 aliphatic rings. The van der Waals surface area contributed by atoms with Gasteiger partial charge in [-0.15, -0.1) is 0 Å². The zero-order chi connectivity index (χ0) is 10.1. The van der Waals surface area contributed by atoms with Gasteiger partial charge in [-0.05, 0) is 36.5 Å². The molecular weight excluding hydrogens is 184 g/mol. The van der Waals surface area contributed by atoms with Crippen molar-refractivity contribution >= 4 is 0 Å². The van der Waals surface area contributed by atoms with Gasteiger partial charge < -0.3 is 5.73 Å². The molecule has 1 nitrogen and oxygen atoms in total. The number of rotatable bonds is 1. The smallest absolute Gasteiger partial charge is 0.263 e. The van der Waals surface area contributed by atoms with Crippen LogP contribution in [0.3, 0.4) is 0 Å². The highest BCUT2D eigenvalue weighted by atomic mass is 19.3. The van der Waals surface area contributed by atoms with Crippen molar-refractivity contribution in [3.8, 4) is 0 Å². The molecule has 1 aromatic carbocycles. The Morgan fingerprint density at radius 1 is 1.36 bits per heavy atom. The summed E-state index contributed by atoms with van der Waals surface area (Å²) in [6.07, 6.45) is 0.462. The molecule has 2 N–H and O–H groups in total. The van der Waals surface area contributed by atoms with Crippen LogP contribution < -0.4 is 5.73 Å². The highest BCUT2D eigenvalue weighted by Crippen LogP contribution is 2.30. The molecule has 0 heterocycles. The van der Waals surface area contributed by atoms with Gasteiger partial charge in [0, 0.05) is 11.6 Å². The van der Waals surface area contributed by atoms with E-state index in [4.69, 9.17) is 5.73 Å². The van der Waals surface area contributed by atoms with E-state index in [9.17, 15) is 8.78 Å². The molecule has 0 fully saturated rings. The molecule has 0 spiro atoms. The second-order valence-electron chi connectivity index (χ2n) is 3.76. The van der Waals surface area contributed by atoms with Crippen molar-refractivity contribution in [2.45, 2.75) is 31.7 Å². The standard InChI is InChI=1S/C11H13F2N/c12-11(13)8-4-5-9-7(6-8)2-1-3-10(9)14/h4-6,10-11H,1-3,14H2/t10-/m1/s1. The first kappa shape index (κ1) is 9.59. The Labute approximate surface area is 81.9 Å². The molecule has 0 aliphatic heterocycles. The van der Waals surface area contributed by atoms with E-state index in [-0.39, 0.29) is 11.6 Å². The largest absolute Gasteiger partial charge is 0.324 e. The summed E-state index contributed by atoms with van der Waals surface area (Å²) < 4.78 is 24.8. The lowest BCUT2D eigenvalue weighted by atomic mass is 9.87. The zero-order valence-corrected chi connectivity index (χ0v) is 7.84. The highest BCUT2D eigenvalue weighted by molar-refractivity contribution is 5.36. The molecule has 0 amide bonds. The van der Waals surface area contributed by atoms with Crippen molar-refractivity contribution in [3.63, 3.8) is 0 Å². The average molecular weight is 197 g/mol. The van der Waals surface area contributed by atoms with Gasteiger partial charge in [-0.25, -0.2) is 8.78 Å². The van der Waals surface area contributed by atoms with Crippen molar-refractivity contribution in [3.05, 3.63) is 34.9 Å².